The first-order chi connectivity index (χ1) is 9.52. The van der Waals surface area contributed by atoms with Crippen LogP contribution in [0.15, 0.2) is 24.3 Å². The van der Waals surface area contributed by atoms with Crippen molar-refractivity contribution in [2.24, 2.45) is 0 Å². The van der Waals surface area contributed by atoms with Gasteiger partial charge in [0, 0.05) is 17.7 Å². The van der Waals surface area contributed by atoms with Gasteiger partial charge in [0.25, 0.3) is 0 Å². The lowest BCUT2D eigenvalue weighted by atomic mass is 10.1. The van der Waals surface area contributed by atoms with Crippen molar-refractivity contribution in [3.63, 3.8) is 0 Å². The number of carboxylic acids is 1. The summed E-state index contributed by atoms with van der Waals surface area (Å²) >= 11 is 0. The smallest absolute Gasteiger partial charge is 0.121 e. The molecule has 106 valence electrons. The van der Waals surface area contributed by atoms with Crippen molar-refractivity contribution in [2.45, 2.75) is 26.7 Å². The molecule has 5 heteroatoms. The first-order valence-electron chi connectivity index (χ1n) is 6.42. The van der Waals surface area contributed by atoms with Crippen molar-refractivity contribution in [2.75, 3.05) is 7.11 Å². The number of hydrogen-bond acceptors (Lipinski definition) is 4. The number of nitrogens with zero attached hydrogens (tertiary/aromatic N) is 2. The van der Waals surface area contributed by atoms with Crippen LogP contribution in [-0.2, 0) is 11.2 Å². The van der Waals surface area contributed by atoms with Crippen molar-refractivity contribution < 1.29 is 14.6 Å². The maximum Gasteiger partial charge on any atom is 0.121 e. The number of carbonyl (C=O) groups excluding carboxylic acids is 1. The number of rotatable bonds is 5. The van der Waals surface area contributed by atoms with E-state index in [1.165, 1.54) is 0 Å². The van der Waals surface area contributed by atoms with Gasteiger partial charge in [-0.15, -0.1) is 0 Å². The van der Waals surface area contributed by atoms with E-state index in [9.17, 15) is 9.90 Å². The van der Waals surface area contributed by atoms with Crippen molar-refractivity contribution >= 4 is 5.97 Å². The van der Waals surface area contributed by atoms with E-state index >= 15 is 0 Å². The number of aromatic nitrogens is 2. The molecule has 2 rings (SSSR count). The number of methoxy groups -OCH3 is 1. The Morgan fingerprint density at radius 2 is 2.15 bits per heavy atom. The first-order valence-corrected chi connectivity index (χ1v) is 6.42. The molecular weight excluding hydrogens is 256 g/mol. The molecule has 0 aliphatic heterocycles. The molecule has 0 bridgehead atoms. The number of carbonyl (C=O) groups is 1. The lowest BCUT2D eigenvalue weighted by Crippen LogP contribution is -2.22. The van der Waals surface area contributed by atoms with Crippen LogP contribution in [0.5, 0.6) is 5.75 Å². The Hall–Kier alpha value is -2.30. The standard InChI is InChI=1S/C15H18N2O3/c1-10-14(7-8-15(18)19)11(2)17(16-10)12-5-4-6-13(9-12)20-3/h4-6,9H,7-8H2,1-3H3,(H,18,19)/p-1. The summed E-state index contributed by atoms with van der Waals surface area (Å²) in [5.41, 5.74) is 3.63. The summed E-state index contributed by atoms with van der Waals surface area (Å²) in [5, 5.41) is 15.1. The predicted molar refractivity (Wildman–Crippen MR) is 72.9 cm³/mol. The minimum atomic E-state index is -1.04. The topological polar surface area (TPSA) is 67.2 Å². The monoisotopic (exact) mass is 273 g/mol. The highest BCUT2D eigenvalue weighted by Crippen LogP contribution is 2.22. The van der Waals surface area contributed by atoms with Gasteiger partial charge in [-0.25, -0.2) is 4.68 Å². The Kier molecular flexibility index (Phi) is 4.08. The molecule has 2 aromatic rings. The van der Waals surface area contributed by atoms with Gasteiger partial charge in [0.05, 0.1) is 18.5 Å². The fraction of sp³-hybridized carbons (Fsp3) is 0.333. The normalized spacial score (nSPS) is 10.6. The third-order valence-electron chi connectivity index (χ3n) is 3.32. The van der Waals surface area contributed by atoms with Crippen molar-refractivity contribution in [3.8, 4) is 11.4 Å². The average Bonchev–Trinajstić information content (AvgIpc) is 2.72. The van der Waals surface area contributed by atoms with Gasteiger partial charge in [0.2, 0.25) is 0 Å². The molecule has 1 aromatic carbocycles. The van der Waals surface area contributed by atoms with Gasteiger partial charge in [-0.3, -0.25) is 0 Å². The predicted octanol–water partition coefficient (Wildman–Crippen LogP) is 1.18. The maximum absolute atomic E-state index is 10.6. The van der Waals surface area contributed by atoms with E-state index in [4.69, 9.17) is 4.74 Å². The van der Waals surface area contributed by atoms with E-state index in [2.05, 4.69) is 5.10 Å². The molecule has 0 N–H and O–H groups in total. The van der Waals surface area contributed by atoms with E-state index < -0.39 is 5.97 Å². The van der Waals surface area contributed by atoms with Crippen LogP contribution in [0.3, 0.4) is 0 Å². The summed E-state index contributed by atoms with van der Waals surface area (Å²) in [5.74, 6) is -0.288. The fourth-order valence-electron chi connectivity index (χ4n) is 2.26. The van der Waals surface area contributed by atoms with Gasteiger partial charge >= 0.3 is 0 Å². The van der Waals surface area contributed by atoms with Gasteiger partial charge in [-0.05, 0) is 44.4 Å². The molecule has 1 heterocycles. The zero-order chi connectivity index (χ0) is 14.7. The molecule has 0 aliphatic rings. The molecule has 0 saturated heterocycles. The second-order valence-corrected chi connectivity index (χ2v) is 4.63. The molecule has 0 atom stereocenters. The highest BCUT2D eigenvalue weighted by molar-refractivity contribution is 5.64. The number of hydrogen-bond donors (Lipinski definition) is 0. The summed E-state index contributed by atoms with van der Waals surface area (Å²) < 4.78 is 7.01. The third-order valence-corrected chi connectivity index (χ3v) is 3.32. The lowest BCUT2D eigenvalue weighted by Gasteiger charge is -2.07. The van der Waals surface area contributed by atoms with Gasteiger partial charge in [-0.2, -0.15) is 5.10 Å². The van der Waals surface area contributed by atoms with Crippen LogP contribution in [0.25, 0.3) is 5.69 Å². The quantitative estimate of drug-likeness (QED) is 0.820. The van der Waals surface area contributed by atoms with Crippen LogP contribution in [0.4, 0.5) is 0 Å². The van der Waals surface area contributed by atoms with Crippen LogP contribution < -0.4 is 9.84 Å². The SMILES string of the molecule is COc1cccc(-n2nc(C)c(CCC(=O)[O-])c2C)c1. The van der Waals surface area contributed by atoms with Gasteiger partial charge in [0.15, 0.2) is 0 Å². The van der Waals surface area contributed by atoms with E-state index in [0.29, 0.717) is 6.42 Å². The minimum absolute atomic E-state index is 0.00544. The van der Waals surface area contributed by atoms with Crippen LogP contribution >= 0.6 is 0 Å². The second kappa shape index (κ2) is 5.77. The number of carboxylic acid groups (broad SMARTS) is 1. The Morgan fingerprint density at radius 3 is 2.80 bits per heavy atom. The highest BCUT2D eigenvalue weighted by Gasteiger charge is 2.12. The number of aryl methyl sites for hydroxylation is 1. The van der Waals surface area contributed by atoms with E-state index in [0.717, 1.165) is 28.4 Å². The molecule has 0 unspecified atom stereocenters. The zero-order valence-corrected chi connectivity index (χ0v) is 11.8. The molecule has 0 spiro atoms. The average molecular weight is 273 g/mol. The van der Waals surface area contributed by atoms with Gasteiger partial charge in [-0.1, -0.05) is 6.07 Å². The van der Waals surface area contributed by atoms with E-state index in [1.54, 1.807) is 7.11 Å². The third kappa shape index (κ3) is 2.82. The van der Waals surface area contributed by atoms with Gasteiger partial charge < -0.3 is 14.6 Å². The first kappa shape index (κ1) is 14.1. The summed E-state index contributed by atoms with van der Waals surface area (Å²) in [4.78, 5) is 10.6. The Balaban J connectivity index is 2.37. The summed E-state index contributed by atoms with van der Waals surface area (Å²) in [6.07, 6.45) is 0.440. The second-order valence-electron chi connectivity index (χ2n) is 4.63. The van der Waals surface area contributed by atoms with E-state index in [1.807, 2.05) is 42.8 Å². The number of ether oxygens (including phenoxy) is 1. The molecule has 0 amide bonds. The molecule has 0 aliphatic carbocycles. The maximum atomic E-state index is 10.6. The Morgan fingerprint density at radius 1 is 1.40 bits per heavy atom. The zero-order valence-electron chi connectivity index (χ0n) is 11.8. The molecule has 20 heavy (non-hydrogen) atoms. The minimum Gasteiger partial charge on any atom is -0.550 e. The lowest BCUT2D eigenvalue weighted by molar-refractivity contribution is -0.305. The van der Waals surface area contributed by atoms with Crippen LogP contribution in [-0.4, -0.2) is 22.9 Å². The summed E-state index contributed by atoms with van der Waals surface area (Å²) in [6, 6.07) is 7.59. The summed E-state index contributed by atoms with van der Waals surface area (Å²) in [7, 11) is 1.62. The number of aliphatic carboxylic acids is 1. The molecule has 1 aromatic heterocycles. The largest absolute Gasteiger partial charge is 0.550 e. The van der Waals surface area contributed by atoms with Crippen molar-refractivity contribution in [1.29, 1.82) is 0 Å². The Bertz CT molecular complexity index is 632. The fourth-order valence-corrected chi connectivity index (χ4v) is 2.26. The summed E-state index contributed by atoms with van der Waals surface area (Å²) in [6.45, 7) is 3.82. The van der Waals surface area contributed by atoms with Crippen molar-refractivity contribution in [1.82, 2.24) is 9.78 Å². The van der Waals surface area contributed by atoms with Gasteiger partial charge in [0.1, 0.15) is 5.75 Å². The van der Waals surface area contributed by atoms with Crippen molar-refractivity contribution in [3.05, 3.63) is 41.2 Å². The molecule has 0 fully saturated rings. The van der Waals surface area contributed by atoms with Crippen LogP contribution in [0.1, 0.15) is 23.4 Å². The molecule has 0 saturated carbocycles. The van der Waals surface area contributed by atoms with E-state index in [-0.39, 0.29) is 6.42 Å². The Labute approximate surface area is 117 Å². The van der Waals surface area contributed by atoms with Crippen LogP contribution in [0.2, 0.25) is 0 Å². The highest BCUT2D eigenvalue weighted by atomic mass is 16.5. The molecule has 0 radical (unpaired) electrons. The molecule has 5 nitrogen and oxygen atoms in total. The van der Waals surface area contributed by atoms with Crippen LogP contribution in [0, 0.1) is 13.8 Å². The number of benzene rings is 1. The molecular formula is C15H17N2O3-.